The topological polar surface area (TPSA) is 67.2 Å². The summed E-state index contributed by atoms with van der Waals surface area (Å²) in [5.74, 6) is -0.115. The number of carbonyl (C=O) groups is 2. The highest BCUT2D eigenvalue weighted by atomic mass is 16.2. The summed E-state index contributed by atoms with van der Waals surface area (Å²) in [6.45, 7) is 4.15. The van der Waals surface area contributed by atoms with Gasteiger partial charge in [-0.1, -0.05) is 0 Å². The van der Waals surface area contributed by atoms with Gasteiger partial charge in [0.25, 0.3) is 0 Å². The average Bonchev–Trinajstić information content (AvgIpc) is 2.80. The van der Waals surface area contributed by atoms with Crippen molar-refractivity contribution in [2.45, 2.75) is 19.9 Å². The second-order valence-electron chi connectivity index (χ2n) is 3.49. The summed E-state index contributed by atoms with van der Waals surface area (Å²) in [4.78, 5) is 28.5. The molecule has 1 heterocycles. The van der Waals surface area contributed by atoms with E-state index in [1.54, 1.807) is 18.9 Å². The number of hydrogen-bond donors (Lipinski definition) is 1. The number of likely N-dealkylation sites (N-methyl/N-ethyl adjacent to an activating group) is 1. The molecule has 0 saturated carbocycles. The number of hydrogen-bond acceptors (Lipinski definition) is 3. The Labute approximate surface area is 94.3 Å². The molecule has 1 aromatic rings. The molecule has 16 heavy (non-hydrogen) atoms. The minimum atomic E-state index is -0.542. The minimum Gasteiger partial charge on any atom is -0.344 e. The number of imidazole rings is 1. The van der Waals surface area contributed by atoms with E-state index in [2.05, 4.69) is 10.3 Å². The van der Waals surface area contributed by atoms with Crippen molar-refractivity contribution in [3.05, 3.63) is 18.7 Å². The van der Waals surface area contributed by atoms with Crippen LogP contribution in [-0.2, 0) is 4.79 Å². The van der Waals surface area contributed by atoms with Crippen molar-refractivity contribution in [2.24, 2.45) is 0 Å². The standard InChI is InChI=1S/C10H16N4O2/c1-4-13(3)9(15)8(2)12-10(16)14-6-5-11-7-14/h5-8H,4H2,1-3H3,(H,12,16). The molecule has 1 N–H and O–H groups in total. The Bertz CT molecular complexity index is 361. The molecule has 6 heteroatoms. The Morgan fingerprint density at radius 1 is 1.56 bits per heavy atom. The molecule has 0 aliphatic rings. The fourth-order valence-electron chi connectivity index (χ4n) is 1.19. The van der Waals surface area contributed by atoms with Crippen molar-refractivity contribution in [2.75, 3.05) is 13.6 Å². The van der Waals surface area contributed by atoms with Gasteiger partial charge in [0.15, 0.2) is 0 Å². The van der Waals surface area contributed by atoms with Crippen molar-refractivity contribution in [1.29, 1.82) is 0 Å². The summed E-state index contributed by atoms with van der Waals surface area (Å²) in [6, 6.07) is -0.900. The molecule has 0 fully saturated rings. The lowest BCUT2D eigenvalue weighted by molar-refractivity contribution is -0.131. The lowest BCUT2D eigenvalue weighted by atomic mass is 10.3. The zero-order chi connectivity index (χ0) is 12.1. The Hall–Kier alpha value is -1.85. The lowest BCUT2D eigenvalue weighted by Crippen LogP contribution is -2.46. The third kappa shape index (κ3) is 2.82. The van der Waals surface area contributed by atoms with Crippen LogP contribution in [-0.4, -0.2) is 46.0 Å². The first-order valence-corrected chi connectivity index (χ1v) is 5.10. The number of nitrogens with zero attached hydrogens (tertiary/aromatic N) is 3. The monoisotopic (exact) mass is 224 g/mol. The molecule has 0 aliphatic heterocycles. The smallest absolute Gasteiger partial charge is 0.327 e. The van der Waals surface area contributed by atoms with Gasteiger partial charge in [0, 0.05) is 26.0 Å². The quantitative estimate of drug-likeness (QED) is 0.803. The van der Waals surface area contributed by atoms with Crippen LogP contribution in [0.1, 0.15) is 13.8 Å². The number of amides is 2. The van der Waals surface area contributed by atoms with Gasteiger partial charge in [-0.05, 0) is 13.8 Å². The molecule has 6 nitrogen and oxygen atoms in total. The summed E-state index contributed by atoms with van der Waals surface area (Å²) in [7, 11) is 1.70. The fourth-order valence-corrected chi connectivity index (χ4v) is 1.19. The zero-order valence-corrected chi connectivity index (χ0v) is 9.67. The molecule has 0 saturated heterocycles. The molecule has 1 rings (SSSR count). The van der Waals surface area contributed by atoms with Gasteiger partial charge in [-0.15, -0.1) is 0 Å². The first-order chi connectivity index (χ1) is 7.56. The van der Waals surface area contributed by atoms with Gasteiger partial charge in [-0.3, -0.25) is 9.36 Å². The van der Waals surface area contributed by atoms with Crippen molar-refractivity contribution in [3.8, 4) is 0 Å². The summed E-state index contributed by atoms with van der Waals surface area (Å²) < 4.78 is 1.29. The van der Waals surface area contributed by atoms with E-state index in [-0.39, 0.29) is 11.9 Å². The second kappa shape index (κ2) is 5.29. The summed E-state index contributed by atoms with van der Waals surface area (Å²) in [5, 5.41) is 2.59. The first kappa shape index (κ1) is 12.2. The number of nitrogens with one attached hydrogen (secondary N) is 1. The Kier molecular flexibility index (Phi) is 4.04. The highest BCUT2D eigenvalue weighted by Gasteiger charge is 2.18. The van der Waals surface area contributed by atoms with Gasteiger partial charge in [0.05, 0.1) is 0 Å². The van der Waals surface area contributed by atoms with Crippen molar-refractivity contribution in [3.63, 3.8) is 0 Å². The predicted octanol–water partition coefficient (Wildman–Crippen LogP) is 0.308. The normalized spacial score (nSPS) is 11.9. The number of rotatable bonds is 3. The van der Waals surface area contributed by atoms with Crippen LogP contribution in [0.2, 0.25) is 0 Å². The molecule has 0 radical (unpaired) electrons. The van der Waals surface area contributed by atoms with Crippen molar-refractivity contribution in [1.82, 2.24) is 19.8 Å². The molecule has 0 bridgehead atoms. The maximum atomic E-state index is 11.7. The van der Waals surface area contributed by atoms with Gasteiger partial charge >= 0.3 is 6.03 Å². The Morgan fingerprint density at radius 3 is 2.75 bits per heavy atom. The van der Waals surface area contributed by atoms with Crippen LogP contribution in [0.15, 0.2) is 18.7 Å². The molecular weight excluding hydrogens is 208 g/mol. The molecule has 1 atom stereocenters. The highest BCUT2D eigenvalue weighted by Crippen LogP contribution is 1.93. The van der Waals surface area contributed by atoms with Gasteiger partial charge < -0.3 is 10.2 Å². The molecule has 0 aromatic carbocycles. The summed E-state index contributed by atoms with van der Waals surface area (Å²) in [6.07, 6.45) is 4.41. The molecular formula is C10H16N4O2. The maximum Gasteiger partial charge on any atom is 0.327 e. The summed E-state index contributed by atoms with van der Waals surface area (Å²) in [5.41, 5.74) is 0. The third-order valence-corrected chi connectivity index (χ3v) is 2.30. The van der Waals surface area contributed by atoms with Crippen LogP contribution >= 0.6 is 0 Å². The average molecular weight is 224 g/mol. The Morgan fingerprint density at radius 2 is 2.25 bits per heavy atom. The van der Waals surface area contributed by atoms with Gasteiger partial charge in [0.2, 0.25) is 5.91 Å². The number of carbonyl (C=O) groups excluding carboxylic acids is 2. The Balaban J connectivity index is 2.55. The van der Waals surface area contributed by atoms with Crippen LogP contribution < -0.4 is 5.32 Å². The van der Waals surface area contributed by atoms with E-state index < -0.39 is 6.04 Å². The van der Waals surface area contributed by atoms with E-state index >= 15 is 0 Å². The predicted molar refractivity (Wildman–Crippen MR) is 58.9 cm³/mol. The molecule has 1 aromatic heterocycles. The van der Waals surface area contributed by atoms with Crippen molar-refractivity contribution >= 4 is 11.9 Å². The van der Waals surface area contributed by atoms with Crippen LogP contribution in [0.4, 0.5) is 4.79 Å². The van der Waals surface area contributed by atoms with Gasteiger partial charge in [-0.25, -0.2) is 9.78 Å². The molecule has 0 spiro atoms. The molecule has 88 valence electrons. The molecule has 2 amide bonds. The number of aromatic nitrogens is 2. The van der Waals surface area contributed by atoms with Crippen LogP contribution in [0.5, 0.6) is 0 Å². The minimum absolute atomic E-state index is 0.115. The lowest BCUT2D eigenvalue weighted by Gasteiger charge is -2.20. The molecule has 1 unspecified atom stereocenters. The van der Waals surface area contributed by atoms with Crippen LogP contribution in [0, 0.1) is 0 Å². The van der Waals surface area contributed by atoms with Gasteiger partial charge in [-0.2, -0.15) is 0 Å². The maximum absolute atomic E-state index is 11.7. The van der Waals surface area contributed by atoms with E-state index in [0.717, 1.165) is 0 Å². The van der Waals surface area contributed by atoms with E-state index in [0.29, 0.717) is 6.54 Å². The van der Waals surface area contributed by atoms with E-state index in [9.17, 15) is 9.59 Å². The SMILES string of the molecule is CCN(C)C(=O)C(C)NC(=O)n1ccnc1. The zero-order valence-electron chi connectivity index (χ0n) is 9.67. The van der Waals surface area contributed by atoms with Crippen LogP contribution in [0.25, 0.3) is 0 Å². The van der Waals surface area contributed by atoms with E-state index in [1.807, 2.05) is 6.92 Å². The van der Waals surface area contributed by atoms with E-state index in [1.165, 1.54) is 23.3 Å². The van der Waals surface area contributed by atoms with Crippen LogP contribution in [0.3, 0.4) is 0 Å². The fraction of sp³-hybridized carbons (Fsp3) is 0.500. The largest absolute Gasteiger partial charge is 0.344 e. The van der Waals surface area contributed by atoms with E-state index in [4.69, 9.17) is 0 Å². The summed E-state index contributed by atoms with van der Waals surface area (Å²) >= 11 is 0. The third-order valence-electron chi connectivity index (χ3n) is 2.30. The first-order valence-electron chi connectivity index (χ1n) is 5.10. The van der Waals surface area contributed by atoms with Crippen molar-refractivity contribution < 1.29 is 9.59 Å². The molecule has 0 aliphatic carbocycles. The van der Waals surface area contributed by atoms with Gasteiger partial charge in [0.1, 0.15) is 12.4 Å². The second-order valence-corrected chi connectivity index (χ2v) is 3.49. The highest BCUT2D eigenvalue weighted by molar-refractivity contribution is 5.87.